The van der Waals surface area contributed by atoms with Crippen LogP contribution in [-0.2, 0) is 6.42 Å². The predicted molar refractivity (Wildman–Crippen MR) is 57.4 cm³/mol. The van der Waals surface area contributed by atoms with Gasteiger partial charge in [-0.2, -0.15) is 0 Å². The molecular formula is C9H12N6O2. The Morgan fingerprint density at radius 2 is 2.29 bits per heavy atom. The highest BCUT2D eigenvalue weighted by Crippen LogP contribution is 2.05. The van der Waals surface area contributed by atoms with Gasteiger partial charge < -0.3 is 4.42 Å². The van der Waals surface area contributed by atoms with Gasteiger partial charge in [0, 0.05) is 13.3 Å². The van der Waals surface area contributed by atoms with Crippen molar-refractivity contribution >= 4 is 11.9 Å². The number of H-pyrrole nitrogens is 1. The third kappa shape index (κ3) is 2.65. The smallest absolute Gasteiger partial charge is 0.322 e. The van der Waals surface area contributed by atoms with Crippen LogP contribution in [0, 0.1) is 6.92 Å². The van der Waals surface area contributed by atoms with Crippen LogP contribution >= 0.6 is 0 Å². The van der Waals surface area contributed by atoms with Gasteiger partial charge in [0.15, 0.2) is 0 Å². The zero-order chi connectivity index (χ0) is 12.3. The summed E-state index contributed by atoms with van der Waals surface area (Å²) in [6.45, 7) is 3.65. The minimum atomic E-state index is -0.479. The van der Waals surface area contributed by atoms with E-state index in [4.69, 9.17) is 4.42 Å². The van der Waals surface area contributed by atoms with E-state index in [1.54, 1.807) is 6.92 Å². The molecule has 8 heteroatoms. The minimum Gasteiger partial charge on any atom is -0.408 e. The quantitative estimate of drug-likeness (QED) is 0.808. The van der Waals surface area contributed by atoms with E-state index in [1.165, 1.54) is 0 Å². The lowest BCUT2D eigenvalue weighted by Crippen LogP contribution is -2.14. The van der Waals surface area contributed by atoms with Crippen molar-refractivity contribution in [2.24, 2.45) is 0 Å². The maximum absolute atomic E-state index is 11.7. The first-order valence-electron chi connectivity index (χ1n) is 5.21. The topological polar surface area (TPSA) is 110 Å². The second-order valence-corrected chi connectivity index (χ2v) is 3.44. The second kappa shape index (κ2) is 4.73. The summed E-state index contributed by atoms with van der Waals surface area (Å²) in [5, 5.41) is 16.1. The molecule has 0 bridgehead atoms. The number of anilines is 1. The number of hydrogen-bond acceptors (Lipinski definition) is 6. The van der Waals surface area contributed by atoms with Crippen molar-refractivity contribution in [1.29, 1.82) is 0 Å². The fourth-order valence-corrected chi connectivity index (χ4v) is 1.25. The van der Waals surface area contributed by atoms with Gasteiger partial charge in [0.2, 0.25) is 11.7 Å². The molecule has 0 fully saturated rings. The molecule has 8 nitrogen and oxygen atoms in total. The van der Waals surface area contributed by atoms with Crippen LogP contribution < -0.4 is 5.32 Å². The van der Waals surface area contributed by atoms with Gasteiger partial charge in [-0.25, -0.2) is 4.98 Å². The van der Waals surface area contributed by atoms with Gasteiger partial charge in [0.1, 0.15) is 5.82 Å². The molecule has 0 aliphatic heterocycles. The molecule has 0 aromatic carbocycles. The summed E-state index contributed by atoms with van der Waals surface area (Å²) in [6.07, 6.45) is 1.68. The van der Waals surface area contributed by atoms with E-state index in [9.17, 15) is 4.79 Å². The van der Waals surface area contributed by atoms with E-state index < -0.39 is 5.91 Å². The fourth-order valence-electron chi connectivity index (χ4n) is 1.25. The largest absolute Gasteiger partial charge is 0.408 e. The van der Waals surface area contributed by atoms with Gasteiger partial charge in [-0.1, -0.05) is 12.0 Å². The molecule has 90 valence electrons. The highest BCUT2D eigenvalue weighted by atomic mass is 16.4. The van der Waals surface area contributed by atoms with E-state index in [0.29, 0.717) is 11.7 Å². The summed E-state index contributed by atoms with van der Waals surface area (Å²) in [4.78, 5) is 15.7. The molecule has 2 rings (SSSR count). The molecule has 2 N–H and O–H groups in total. The number of hydrogen-bond donors (Lipinski definition) is 2. The van der Waals surface area contributed by atoms with Crippen LogP contribution in [-0.4, -0.2) is 31.3 Å². The molecule has 0 aliphatic rings. The number of carbonyl (C=O) groups is 1. The molecule has 0 aliphatic carbocycles. The zero-order valence-corrected chi connectivity index (χ0v) is 9.52. The van der Waals surface area contributed by atoms with E-state index >= 15 is 0 Å². The van der Waals surface area contributed by atoms with E-state index in [0.717, 1.165) is 12.8 Å². The Hall–Kier alpha value is -2.25. The number of nitrogens with one attached hydrogen (secondary N) is 2. The highest BCUT2D eigenvalue weighted by molar-refractivity contribution is 6.00. The molecule has 17 heavy (non-hydrogen) atoms. The third-order valence-corrected chi connectivity index (χ3v) is 1.97. The molecular weight excluding hydrogens is 224 g/mol. The van der Waals surface area contributed by atoms with Crippen molar-refractivity contribution in [2.75, 3.05) is 5.32 Å². The lowest BCUT2D eigenvalue weighted by molar-refractivity contribution is 0.101. The Morgan fingerprint density at radius 3 is 2.94 bits per heavy atom. The zero-order valence-electron chi connectivity index (χ0n) is 9.52. The lowest BCUT2D eigenvalue weighted by Gasteiger charge is -1.93. The Kier molecular flexibility index (Phi) is 3.12. The van der Waals surface area contributed by atoms with Crippen molar-refractivity contribution in [2.45, 2.75) is 26.7 Å². The van der Waals surface area contributed by atoms with Gasteiger partial charge in [-0.15, -0.1) is 10.2 Å². The third-order valence-electron chi connectivity index (χ3n) is 1.97. The van der Waals surface area contributed by atoms with Gasteiger partial charge in [0.05, 0.1) is 0 Å². The monoisotopic (exact) mass is 236 g/mol. The van der Waals surface area contributed by atoms with E-state index in [2.05, 4.69) is 30.7 Å². The average molecular weight is 236 g/mol. The van der Waals surface area contributed by atoms with Gasteiger partial charge >= 0.3 is 6.01 Å². The maximum Gasteiger partial charge on any atom is 0.322 e. The Morgan fingerprint density at radius 1 is 1.47 bits per heavy atom. The number of aryl methyl sites for hydroxylation is 2. The van der Waals surface area contributed by atoms with Crippen molar-refractivity contribution in [3.63, 3.8) is 0 Å². The number of aromatic amines is 1. The van der Waals surface area contributed by atoms with Crippen molar-refractivity contribution < 1.29 is 9.21 Å². The summed E-state index contributed by atoms with van der Waals surface area (Å²) in [5.41, 5.74) is 0. The number of carbonyl (C=O) groups excluding carboxylic acids is 1. The normalized spacial score (nSPS) is 10.5. The van der Waals surface area contributed by atoms with Crippen LogP contribution in [0.1, 0.15) is 35.7 Å². The first-order valence-corrected chi connectivity index (χ1v) is 5.21. The summed E-state index contributed by atoms with van der Waals surface area (Å²) < 4.78 is 5.01. The molecule has 1 amide bonds. The van der Waals surface area contributed by atoms with E-state index in [-0.39, 0.29) is 11.8 Å². The van der Waals surface area contributed by atoms with Crippen LogP contribution in [0.5, 0.6) is 0 Å². The van der Waals surface area contributed by atoms with Gasteiger partial charge in [-0.05, 0) is 6.42 Å². The van der Waals surface area contributed by atoms with Crippen LogP contribution in [0.15, 0.2) is 4.42 Å². The van der Waals surface area contributed by atoms with Crippen molar-refractivity contribution in [3.05, 3.63) is 17.5 Å². The number of nitrogens with zero attached hydrogens (tertiary/aromatic N) is 4. The molecule has 0 unspecified atom stereocenters. The number of aromatic nitrogens is 5. The molecule has 0 saturated carbocycles. The molecule has 0 spiro atoms. The van der Waals surface area contributed by atoms with Gasteiger partial charge in [0.25, 0.3) is 5.91 Å². The average Bonchev–Trinajstić information content (AvgIpc) is 2.88. The summed E-state index contributed by atoms with van der Waals surface area (Å²) in [6, 6.07) is 0.0364. The molecule has 0 radical (unpaired) electrons. The molecule has 0 saturated heterocycles. The first kappa shape index (κ1) is 11.2. The Balaban J connectivity index is 2.03. The van der Waals surface area contributed by atoms with Crippen LogP contribution in [0.4, 0.5) is 6.01 Å². The van der Waals surface area contributed by atoms with Crippen LogP contribution in [0.3, 0.4) is 0 Å². The minimum absolute atomic E-state index is 0.0364. The molecule has 2 aromatic rings. The van der Waals surface area contributed by atoms with E-state index in [1.807, 2.05) is 6.92 Å². The van der Waals surface area contributed by atoms with Gasteiger partial charge in [-0.3, -0.25) is 15.2 Å². The second-order valence-electron chi connectivity index (χ2n) is 3.44. The summed E-state index contributed by atoms with van der Waals surface area (Å²) in [7, 11) is 0. The van der Waals surface area contributed by atoms with Crippen molar-refractivity contribution in [1.82, 2.24) is 25.4 Å². The maximum atomic E-state index is 11.7. The van der Waals surface area contributed by atoms with Crippen LogP contribution in [0.25, 0.3) is 0 Å². The van der Waals surface area contributed by atoms with Crippen LogP contribution in [0.2, 0.25) is 0 Å². The van der Waals surface area contributed by atoms with Crippen molar-refractivity contribution in [3.8, 4) is 0 Å². The summed E-state index contributed by atoms with van der Waals surface area (Å²) in [5.74, 6) is 0.637. The Labute approximate surface area is 96.8 Å². The molecule has 2 aromatic heterocycles. The fraction of sp³-hybridized carbons (Fsp3) is 0.444. The highest BCUT2D eigenvalue weighted by Gasteiger charge is 2.15. The summed E-state index contributed by atoms with van der Waals surface area (Å²) >= 11 is 0. The number of rotatable bonds is 4. The SMILES string of the molecule is CCCc1nc(C(=O)Nc2nnc(C)o2)n[nH]1. The number of amides is 1. The Bertz CT molecular complexity index is 517. The molecule has 2 heterocycles. The predicted octanol–water partition coefficient (Wildman–Crippen LogP) is 0.701. The standard InChI is InChI=1S/C9H12N6O2/c1-3-4-6-10-7(14-13-6)8(16)11-9-15-12-5(2)17-9/h3-4H2,1-2H3,(H,10,13,14)(H,11,15,16). The lowest BCUT2D eigenvalue weighted by atomic mass is 10.3. The first-order chi connectivity index (χ1) is 8.19. The molecule has 0 atom stereocenters.